The summed E-state index contributed by atoms with van der Waals surface area (Å²) in [4.78, 5) is 4.72. The molecular weight excluding hydrogens is 335 g/mol. The minimum atomic E-state index is -0.224. The summed E-state index contributed by atoms with van der Waals surface area (Å²) in [7, 11) is 4.30. The molecule has 0 aromatic heterocycles. The molecule has 0 bridgehead atoms. The largest absolute Gasteiger partial charge is 0.304 e. The molecule has 1 fully saturated rings. The number of likely N-dealkylation sites (N-methyl/N-ethyl adjacent to an activating group) is 2. The van der Waals surface area contributed by atoms with E-state index in [0.717, 1.165) is 31.6 Å². The number of nitrogens with zero attached hydrogens (tertiary/aromatic N) is 2. The molecule has 1 aromatic carbocycles. The van der Waals surface area contributed by atoms with E-state index in [1.807, 2.05) is 6.07 Å². The van der Waals surface area contributed by atoms with Gasteiger partial charge in [0.25, 0.3) is 0 Å². The van der Waals surface area contributed by atoms with Gasteiger partial charge in [-0.1, -0.05) is 12.1 Å². The summed E-state index contributed by atoms with van der Waals surface area (Å²) >= 11 is 3.32. The predicted molar refractivity (Wildman–Crippen MR) is 87.4 cm³/mol. The summed E-state index contributed by atoms with van der Waals surface area (Å²) in [6.45, 7) is 3.21. The number of halogens is 2. The summed E-state index contributed by atoms with van der Waals surface area (Å²) in [5.41, 5.74) is 3.84. The summed E-state index contributed by atoms with van der Waals surface area (Å²) in [6.07, 6.45) is 1.66. The minimum Gasteiger partial charge on any atom is -0.304 e. The highest BCUT2D eigenvalue weighted by Crippen LogP contribution is 2.23. The van der Waals surface area contributed by atoms with Crippen molar-refractivity contribution in [3.05, 3.63) is 34.1 Å². The molecule has 1 aromatic rings. The zero-order valence-corrected chi connectivity index (χ0v) is 14.2. The normalized spacial score (nSPS) is 22.4. The lowest BCUT2D eigenvalue weighted by atomic mass is 9.98. The van der Waals surface area contributed by atoms with Crippen LogP contribution in [0.2, 0.25) is 0 Å². The molecule has 4 nitrogen and oxygen atoms in total. The molecule has 6 heteroatoms. The van der Waals surface area contributed by atoms with E-state index < -0.39 is 0 Å². The third-order valence-corrected chi connectivity index (χ3v) is 5.16. The molecule has 21 heavy (non-hydrogen) atoms. The van der Waals surface area contributed by atoms with Gasteiger partial charge in [0.2, 0.25) is 0 Å². The Morgan fingerprint density at radius 1 is 1.43 bits per heavy atom. The van der Waals surface area contributed by atoms with Crippen LogP contribution in [-0.4, -0.2) is 55.6 Å². The fourth-order valence-corrected chi connectivity index (χ4v) is 3.29. The summed E-state index contributed by atoms with van der Waals surface area (Å²) in [6, 6.07) is 5.74. The van der Waals surface area contributed by atoms with Crippen molar-refractivity contribution >= 4 is 15.9 Å². The van der Waals surface area contributed by atoms with Gasteiger partial charge >= 0.3 is 0 Å². The lowest BCUT2D eigenvalue weighted by Gasteiger charge is -2.39. The van der Waals surface area contributed by atoms with E-state index >= 15 is 0 Å². The van der Waals surface area contributed by atoms with Crippen LogP contribution in [0.1, 0.15) is 12.0 Å². The Morgan fingerprint density at radius 2 is 2.19 bits per heavy atom. The van der Waals surface area contributed by atoms with Gasteiger partial charge in [-0.05, 0) is 54.5 Å². The molecule has 1 saturated heterocycles. The lowest BCUT2D eigenvalue weighted by Crippen LogP contribution is -2.53. The number of nitrogens with two attached hydrogens (primary N) is 1. The Hall–Kier alpha value is -0.530. The Kier molecular flexibility index (Phi) is 6.13. The number of hydrogen-bond acceptors (Lipinski definition) is 4. The third kappa shape index (κ3) is 4.47. The SMILES string of the molecule is CN1CCN(C)C(CC(Cc2cccc(F)c2Br)NN)C1. The highest BCUT2D eigenvalue weighted by Gasteiger charge is 2.25. The van der Waals surface area contributed by atoms with E-state index in [1.165, 1.54) is 6.07 Å². The van der Waals surface area contributed by atoms with E-state index in [-0.39, 0.29) is 11.9 Å². The summed E-state index contributed by atoms with van der Waals surface area (Å²) in [5, 5.41) is 0. The van der Waals surface area contributed by atoms with Crippen LogP contribution in [0.3, 0.4) is 0 Å². The molecule has 2 atom stereocenters. The molecule has 1 aliphatic rings. The lowest BCUT2D eigenvalue weighted by molar-refractivity contribution is 0.101. The van der Waals surface area contributed by atoms with Gasteiger partial charge in [0, 0.05) is 31.7 Å². The minimum absolute atomic E-state index is 0.127. The van der Waals surface area contributed by atoms with Crippen LogP contribution in [0.25, 0.3) is 0 Å². The molecular formula is C15H24BrFN4. The monoisotopic (exact) mass is 358 g/mol. The van der Waals surface area contributed by atoms with E-state index in [0.29, 0.717) is 16.9 Å². The van der Waals surface area contributed by atoms with E-state index in [4.69, 9.17) is 5.84 Å². The van der Waals surface area contributed by atoms with Gasteiger partial charge in [-0.15, -0.1) is 0 Å². The van der Waals surface area contributed by atoms with Crippen molar-refractivity contribution in [1.29, 1.82) is 0 Å². The first-order valence-electron chi connectivity index (χ1n) is 7.29. The molecule has 2 rings (SSSR count). The Morgan fingerprint density at radius 3 is 2.90 bits per heavy atom. The maximum absolute atomic E-state index is 13.6. The molecule has 1 aliphatic heterocycles. The number of hydrogen-bond donors (Lipinski definition) is 2. The molecule has 0 aliphatic carbocycles. The second-order valence-corrected chi connectivity index (χ2v) is 6.71. The maximum atomic E-state index is 13.6. The maximum Gasteiger partial charge on any atom is 0.137 e. The third-order valence-electron chi connectivity index (χ3n) is 4.27. The second-order valence-electron chi connectivity index (χ2n) is 5.91. The molecule has 118 valence electrons. The van der Waals surface area contributed by atoms with Gasteiger partial charge in [-0.2, -0.15) is 0 Å². The highest BCUT2D eigenvalue weighted by molar-refractivity contribution is 9.10. The van der Waals surface area contributed by atoms with Gasteiger partial charge in [-0.3, -0.25) is 11.3 Å². The zero-order chi connectivity index (χ0) is 15.4. The first-order chi connectivity index (χ1) is 10.0. The van der Waals surface area contributed by atoms with Crippen molar-refractivity contribution in [2.24, 2.45) is 5.84 Å². The average molecular weight is 359 g/mol. The Labute approximate surface area is 134 Å². The highest BCUT2D eigenvalue weighted by atomic mass is 79.9. The van der Waals surface area contributed by atoms with Crippen molar-refractivity contribution in [3.63, 3.8) is 0 Å². The number of rotatable bonds is 5. The Balaban J connectivity index is 2.01. The summed E-state index contributed by atoms with van der Waals surface area (Å²) in [5.74, 6) is 5.49. The van der Waals surface area contributed by atoms with Crippen LogP contribution < -0.4 is 11.3 Å². The van der Waals surface area contributed by atoms with Crippen LogP contribution in [-0.2, 0) is 6.42 Å². The van der Waals surface area contributed by atoms with Crippen LogP contribution in [0.4, 0.5) is 4.39 Å². The van der Waals surface area contributed by atoms with Gasteiger partial charge in [0.05, 0.1) is 4.47 Å². The fourth-order valence-electron chi connectivity index (χ4n) is 2.87. The molecule has 0 spiro atoms. The number of hydrazine groups is 1. The van der Waals surface area contributed by atoms with Crippen molar-refractivity contribution in [1.82, 2.24) is 15.2 Å². The van der Waals surface area contributed by atoms with Crippen molar-refractivity contribution < 1.29 is 4.39 Å². The quantitative estimate of drug-likeness (QED) is 0.619. The van der Waals surface area contributed by atoms with Gasteiger partial charge in [0.15, 0.2) is 0 Å². The van der Waals surface area contributed by atoms with E-state index in [2.05, 4.69) is 45.3 Å². The van der Waals surface area contributed by atoms with Crippen LogP contribution in [0.5, 0.6) is 0 Å². The Bertz CT molecular complexity index is 471. The first-order valence-corrected chi connectivity index (χ1v) is 8.08. The zero-order valence-electron chi connectivity index (χ0n) is 12.6. The molecule has 0 amide bonds. The topological polar surface area (TPSA) is 44.5 Å². The standard InChI is InChI=1S/C15H24BrFN4/c1-20-6-7-21(2)13(10-20)9-12(19-18)8-11-4-3-5-14(17)15(11)16/h3-5,12-13,19H,6-10,18H2,1-2H3. The second kappa shape index (κ2) is 7.65. The van der Waals surface area contributed by atoms with Crippen LogP contribution in [0.15, 0.2) is 22.7 Å². The van der Waals surface area contributed by atoms with Crippen molar-refractivity contribution in [3.8, 4) is 0 Å². The van der Waals surface area contributed by atoms with E-state index in [9.17, 15) is 4.39 Å². The summed E-state index contributed by atoms with van der Waals surface area (Å²) < 4.78 is 14.1. The number of piperazine rings is 1. The van der Waals surface area contributed by atoms with Crippen LogP contribution in [0, 0.1) is 5.82 Å². The van der Waals surface area contributed by atoms with E-state index in [1.54, 1.807) is 6.07 Å². The molecule has 0 saturated carbocycles. The molecule has 1 heterocycles. The fraction of sp³-hybridized carbons (Fsp3) is 0.600. The number of benzene rings is 1. The van der Waals surface area contributed by atoms with Gasteiger partial charge in [0.1, 0.15) is 5.82 Å². The molecule has 0 radical (unpaired) electrons. The van der Waals surface area contributed by atoms with Gasteiger partial charge < -0.3 is 9.80 Å². The van der Waals surface area contributed by atoms with Gasteiger partial charge in [-0.25, -0.2) is 4.39 Å². The predicted octanol–water partition coefficient (Wildman–Crippen LogP) is 1.60. The van der Waals surface area contributed by atoms with Crippen molar-refractivity contribution in [2.75, 3.05) is 33.7 Å². The first kappa shape index (κ1) is 16.8. The average Bonchev–Trinajstić information content (AvgIpc) is 2.46. The number of nitrogens with one attached hydrogen (secondary N) is 1. The van der Waals surface area contributed by atoms with Crippen molar-refractivity contribution in [2.45, 2.75) is 24.9 Å². The molecule has 2 unspecified atom stereocenters. The van der Waals surface area contributed by atoms with Crippen LogP contribution >= 0.6 is 15.9 Å². The smallest absolute Gasteiger partial charge is 0.137 e. The molecule has 3 N–H and O–H groups in total.